The van der Waals surface area contributed by atoms with Gasteiger partial charge in [-0.3, -0.25) is 4.57 Å². The zero-order valence-electron chi connectivity index (χ0n) is 13.3. The molecule has 0 N–H and O–H groups in total. The van der Waals surface area contributed by atoms with Gasteiger partial charge in [-0.2, -0.15) is 0 Å². The lowest BCUT2D eigenvalue weighted by molar-refractivity contribution is 0.287. The lowest BCUT2D eigenvalue weighted by Crippen LogP contribution is -2.27. The van der Waals surface area contributed by atoms with Gasteiger partial charge in [0.2, 0.25) is 0 Å². The Morgan fingerprint density at radius 1 is 1.08 bits per heavy atom. The van der Waals surface area contributed by atoms with Crippen LogP contribution in [-0.2, 0) is 6.54 Å². The number of ether oxygens (including phenoxy) is 1. The predicted molar refractivity (Wildman–Crippen MR) is 95.9 cm³/mol. The summed E-state index contributed by atoms with van der Waals surface area (Å²) in [6, 6.07) is 11.1. The van der Waals surface area contributed by atoms with Gasteiger partial charge < -0.3 is 9.15 Å². The van der Waals surface area contributed by atoms with Crippen molar-refractivity contribution in [3.63, 3.8) is 0 Å². The van der Waals surface area contributed by atoms with Crippen LogP contribution in [0, 0.1) is 13.8 Å². The minimum atomic E-state index is -0.682. The van der Waals surface area contributed by atoms with Gasteiger partial charge in [-0.1, -0.05) is 22.0 Å². The molecule has 3 rings (SSSR count). The first kappa shape index (κ1) is 16.5. The quantitative estimate of drug-likeness (QED) is 0.685. The largest absolute Gasteiger partial charge is 0.492 e. The Kier molecular flexibility index (Phi) is 4.57. The highest BCUT2D eigenvalue weighted by Crippen LogP contribution is 2.18. The molecule has 24 heavy (non-hydrogen) atoms. The SMILES string of the molecule is Cc1cc(C)cc(OCCn2c(=O)oc(=O)c3cc(Br)ccc32)c1. The third-order valence-electron chi connectivity index (χ3n) is 3.65. The molecule has 0 spiro atoms. The molecule has 2 aromatic carbocycles. The van der Waals surface area contributed by atoms with E-state index in [1.54, 1.807) is 18.2 Å². The molecule has 0 aliphatic carbocycles. The average molecular weight is 390 g/mol. The first-order valence-corrected chi connectivity index (χ1v) is 8.27. The van der Waals surface area contributed by atoms with Gasteiger partial charge in [0.15, 0.2) is 0 Å². The molecular weight excluding hydrogens is 374 g/mol. The summed E-state index contributed by atoms with van der Waals surface area (Å²) in [7, 11) is 0. The molecule has 0 unspecified atom stereocenters. The molecule has 0 amide bonds. The van der Waals surface area contributed by atoms with E-state index in [1.165, 1.54) is 4.57 Å². The molecule has 3 aromatic rings. The van der Waals surface area contributed by atoms with Crippen molar-refractivity contribution in [2.45, 2.75) is 20.4 Å². The molecule has 0 aliphatic rings. The number of aryl methyl sites for hydroxylation is 2. The number of aromatic nitrogens is 1. The summed E-state index contributed by atoms with van der Waals surface area (Å²) >= 11 is 3.31. The molecule has 0 fully saturated rings. The second-order valence-corrected chi connectivity index (χ2v) is 6.56. The van der Waals surface area contributed by atoms with Crippen LogP contribution < -0.4 is 16.1 Å². The van der Waals surface area contributed by atoms with Crippen LogP contribution in [0.5, 0.6) is 5.75 Å². The lowest BCUT2D eigenvalue weighted by Gasteiger charge is -2.11. The number of nitrogens with zero attached hydrogens (tertiary/aromatic N) is 1. The molecule has 5 nitrogen and oxygen atoms in total. The van der Waals surface area contributed by atoms with E-state index in [9.17, 15) is 9.59 Å². The van der Waals surface area contributed by atoms with E-state index in [-0.39, 0.29) is 6.54 Å². The fourth-order valence-corrected chi connectivity index (χ4v) is 3.04. The molecular formula is C18H16BrNO4. The summed E-state index contributed by atoms with van der Waals surface area (Å²) in [5.41, 5.74) is 2.12. The van der Waals surface area contributed by atoms with Crippen molar-refractivity contribution >= 4 is 26.8 Å². The Morgan fingerprint density at radius 3 is 2.50 bits per heavy atom. The number of benzene rings is 2. The summed E-state index contributed by atoms with van der Waals surface area (Å²) in [5.74, 6) is 0.0730. The Bertz CT molecular complexity index is 999. The first-order chi connectivity index (χ1) is 11.4. The van der Waals surface area contributed by atoms with Crippen LogP contribution in [0.15, 0.2) is 54.9 Å². The Morgan fingerprint density at radius 2 is 1.79 bits per heavy atom. The van der Waals surface area contributed by atoms with Gasteiger partial charge >= 0.3 is 11.4 Å². The number of hydrogen-bond donors (Lipinski definition) is 0. The summed E-state index contributed by atoms with van der Waals surface area (Å²) in [4.78, 5) is 23.9. The summed E-state index contributed by atoms with van der Waals surface area (Å²) < 4.78 is 12.7. The number of halogens is 1. The zero-order chi connectivity index (χ0) is 17.3. The third-order valence-corrected chi connectivity index (χ3v) is 4.14. The van der Waals surface area contributed by atoms with Crippen molar-refractivity contribution in [2.75, 3.05) is 6.61 Å². The third kappa shape index (κ3) is 3.43. The first-order valence-electron chi connectivity index (χ1n) is 7.48. The van der Waals surface area contributed by atoms with Gasteiger partial charge in [-0.25, -0.2) is 9.59 Å². The van der Waals surface area contributed by atoms with Crippen molar-refractivity contribution < 1.29 is 9.15 Å². The van der Waals surface area contributed by atoms with Gasteiger partial charge in [0.25, 0.3) is 0 Å². The van der Waals surface area contributed by atoms with E-state index in [2.05, 4.69) is 22.0 Å². The van der Waals surface area contributed by atoms with E-state index in [0.29, 0.717) is 17.5 Å². The molecule has 1 aromatic heterocycles. The molecule has 124 valence electrons. The Labute approximate surface area is 146 Å². The van der Waals surface area contributed by atoms with Crippen LogP contribution in [0.4, 0.5) is 0 Å². The van der Waals surface area contributed by atoms with Crippen LogP contribution in [0.3, 0.4) is 0 Å². The van der Waals surface area contributed by atoms with Gasteiger partial charge in [0.05, 0.1) is 17.4 Å². The van der Waals surface area contributed by atoms with E-state index in [0.717, 1.165) is 21.3 Å². The second-order valence-electron chi connectivity index (χ2n) is 5.64. The van der Waals surface area contributed by atoms with Crippen LogP contribution in [0.25, 0.3) is 10.9 Å². The normalized spacial score (nSPS) is 11.0. The Hall–Kier alpha value is -2.34. The van der Waals surface area contributed by atoms with Crippen LogP contribution in [0.2, 0.25) is 0 Å². The van der Waals surface area contributed by atoms with Crippen molar-refractivity contribution in [3.8, 4) is 5.75 Å². The second kappa shape index (κ2) is 6.65. The maximum Gasteiger partial charge on any atom is 0.422 e. The average Bonchev–Trinajstić information content (AvgIpc) is 2.50. The highest BCUT2D eigenvalue weighted by atomic mass is 79.9. The molecule has 0 saturated carbocycles. The fourth-order valence-electron chi connectivity index (χ4n) is 2.68. The number of rotatable bonds is 4. The van der Waals surface area contributed by atoms with Crippen molar-refractivity contribution in [3.05, 3.63) is 73.0 Å². The van der Waals surface area contributed by atoms with Crippen LogP contribution >= 0.6 is 15.9 Å². The van der Waals surface area contributed by atoms with Crippen molar-refractivity contribution in [2.24, 2.45) is 0 Å². The van der Waals surface area contributed by atoms with Crippen LogP contribution in [-0.4, -0.2) is 11.2 Å². The number of hydrogen-bond acceptors (Lipinski definition) is 4. The van der Waals surface area contributed by atoms with Crippen LogP contribution in [0.1, 0.15) is 11.1 Å². The van der Waals surface area contributed by atoms with E-state index in [1.807, 2.05) is 26.0 Å². The summed E-state index contributed by atoms with van der Waals surface area (Å²) in [6.45, 7) is 4.58. The molecule has 0 atom stereocenters. The maximum atomic E-state index is 12.0. The molecule has 0 radical (unpaired) electrons. The molecule has 1 heterocycles. The maximum absolute atomic E-state index is 12.0. The molecule has 6 heteroatoms. The standard InChI is InChI=1S/C18H16BrNO4/c1-11-7-12(2)9-14(8-11)23-6-5-20-16-4-3-13(19)10-15(16)17(21)24-18(20)22/h3-4,7-10H,5-6H2,1-2H3. The Balaban J connectivity index is 1.88. The van der Waals surface area contributed by atoms with E-state index in [4.69, 9.17) is 9.15 Å². The molecule has 0 bridgehead atoms. The van der Waals surface area contributed by atoms with Crippen molar-refractivity contribution in [1.82, 2.24) is 4.57 Å². The smallest absolute Gasteiger partial charge is 0.422 e. The highest BCUT2D eigenvalue weighted by molar-refractivity contribution is 9.10. The van der Waals surface area contributed by atoms with E-state index < -0.39 is 11.4 Å². The van der Waals surface area contributed by atoms with Gasteiger partial charge in [-0.15, -0.1) is 0 Å². The zero-order valence-corrected chi connectivity index (χ0v) is 14.9. The minimum absolute atomic E-state index is 0.285. The summed E-state index contributed by atoms with van der Waals surface area (Å²) in [6.07, 6.45) is 0. The highest BCUT2D eigenvalue weighted by Gasteiger charge is 2.10. The monoisotopic (exact) mass is 389 g/mol. The fraction of sp³-hybridized carbons (Fsp3) is 0.222. The molecule has 0 aliphatic heterocycles. The molecule has 0 saturated heterocycles. The van der Waals surface area contributed by atoms with Gasteiger partial charge in [-0.05, 0) is 55.3 Å². The predicted octanol–water partition coefficient (Wildman–Crippen LogP) is 3.41. The summed E-state index contributed by atoms with van der Waals surface area (Å²) in [5, 5.41) is 0.357. The van der Waals surface area contributed by atoms with Crippen molar-refractivity contribution in [1.29, 1.82) is 0 Å². The number of fused-ring (bicyclic) bond motifs is 1. The van der Waals surface area contributed by atoms with E-state index >= 15 is 0 Å². The minimum Gasteiger partial charge on any atom is -0.492 e. The lowest BCUT2D eigenvalue weighted by atomic mass is 10.1. The topological polar surface area (TPSA) is 61.4 Å². The van der Waals surface area contributed by atoms with Gasteiger partial charge in [0.1, 0.15) is 12.4 Å². The van der Waals surface area contributed by atoms with Gasteiger partial charge in [0, 0.05) is 4.47 Å².